The summed E-state index contributed by atoms with van der Waals surface area (Å²) in [6.07, 6.45) is 3.04. The third-order valence-corrected chi connectivity index (χ3v) is 5.29. The molecule has 0 bridgehead atoms. The summed E-state index contributed by atoms with van der Waals surface area (Å²) in [5.41, 5.74) is 2.95. The minimum Gasteiger partial charge on any atom is -0.350 e. The highest BCUT2D eigenvalue weighted by molar-refractivity contribution is 7.99. The number of benzene rings is 1. The van der Waals surface area contributed by atoms with Gasteiger partial charge in [-0.3, -0.25) is 14.6 Å². The molecule has 1 aromatic heterocycles. The van der Waals surface area contributed by atoms with Crippen molar-refractivity contribution in [3.8, 4) is 11.3 Å². The molecule has 1 atom stereocenters. The molecule has 6 heteroatoms. The summed E-state index contributed by atoms with van der Waals surface area (Å²) in [6, 6.07) is 13.3. The molecule has 0 spiro atoms. The summed E-state index contributed by atoms with van der Waals surface area (Å²) in [5.74, 6) is 1.15. The first-order valence-corrected chi connectivity index (χ1v) is 9.63. The predicted octanol–water partition coefficient (Wildman–Crippen LogP) is 2.49. The average Bonchev–Trinajstić information content (AvgIpc) is 2.72. The maximum absolute atomic E-state index is 12.5. The maximum atomic E-state index is 12.5. The lowest BCUT2D eigenvalue weighted by Gasteiger charge is -2.33. The van der Waals surface area contributed by atoms with Crippen LogP contribution >= 0.6 is 11.8 Å². The van der Waals surface area contributed by atoms with Gasteiger partial charge in [0.05, 0.1) is 5.69 Å². The van der Waals surface area contributed by atoms with E-state index in [4.69, 9.17) is 0 Å². The van der Waals surface area contributed by atoms with E-state index >= 15 is 0 Å². The lowest BCUT2D eigenvalue weighted by atomic mass is 10.1. The Morgan fingerprint density at radius 2 is 2.08 bits per heavy atom. The van der Waals surface area contributed by atoms with Gasteiger partial charge in [0.15, 0.2) is 0 Å². The maximum Gasteiger partial charge on any atom is 0.246 e. The van der Waals surface area contributed by atoms with Crippen molar-refractivity contribution in [3.05, 3.63) is 66.9 Å². The van der Waals surface area contributed by atoms with Crippen molar-refractivity contribution in [2.75, 3.05) is 18.1 Å². The van der Waals surface area contributed by atoms with Gasteiger partial charge in [0, 0.05) is 36.4 Å². The SMILES string of the molecule is C=CC(=O)N1CCSCC1C(=O)NCc1ccc(-c2ccccn2)cc1. The first-order chi connectivity index (χ1) is 12.7. The van der Waals surface area contributed by atoms with Crippen LogP contribution in [0, 0.1) is 0 Å². The summed E-state index contributed by atoms with van der Waals surface area (Å²) in [4.78, 5) is 30.4. The number of aromatic nitrogens is 1. The summed E-state index contributed by atoms with van der Waals surface area (Å²) >= 11 is 1.69. The fraction of sp³-hybridized carbons (Fsp3) is 0.250. The standard InChI is InChI=1S/C20H21N3O2S/c1-2-19(24)23-11-12-26-14-18(23)20(25)22-13-15-6-8-16(9-7-15)17-5-3-4-10-21-17/h2-10,18H,1,11-14H2,(H,22,25). The Labute approximate surface area is 157 Å². The number of pyridine rings is 1. The number of thioether (sulfide) groups is 1. The molecule has 26 heavy (non-hydrogen) atoms. The van der Waals surface area contributed by atoms with E-state index in [1.165, 1.54) is 6.08 Å². The Morgan fingerprint density at radius 1 is 1.27 bits per heavy atom. The molecule has 1 saturated heterocycles. The molecule has 1 unspecified atom stereocenters. The Hall–Kier alpha value is -2.60. The fourth-order valence-corrected chi connectivity index (χ4v) is 3.88. The molecule has 3 rings (SSSR count). The summed E-state index contributed by atoms with van der Waals surface area (Å²) < 4.78 is 0. The van der Waals surface area contributed by atoms with Crippen molar-refractivity contribution in [1.29, 1.82) is 0 Å². The van der Waals surface area contributed by atoms with Crippen molar-refractivity contribution >= 4 is 23.6 Å². The molecule has 1 aliphatic heterocycles. The van der Waals surface area contributed by atoms with Gasteiger partial charge in [-0.1, -0.05) is 36.9 Å². The van der Waals surface area contributed by atoms with E-state index in [0.717, 1.165) is 22.6 Å². The van der Waals surface area contributed by atoms with Gasteiger partial charge in [-0.15, -0.1) is 0 Å². The Balaban J connectivity index is 1.60. The van der Waals surface area contributed by atoms with Crippen molar-refractivity contribution in [3.63, 3.8) is 0 Å². The van der Waals surface area contributed by atoms with Crippen LogP contribution < -0.4 is 5.32 Å². The zero-order valence-electron chi connectivity index (χ0n) is 14.4. The van der Waals surface area contributed by atoms with Gasteiger partial charge in [-0.05, 0) is 23.8 Å². The molecule has 5 nitrogen and oxygen atoms in total. The predicted molar refractivity (Wildman–Crippen MR) is 105 cm³/mol. The molecule has 2 heterocycles. The van der Waals surface area contributed by atoms with E-state index < -0.39 is 6.04 Å². The van der Waals surface area contributed by atoms with Crippen molar-refractivity contribution < 1.29 is 9.59 Å². The lowest BCUT2D eigenvalue weighted by molar-refractivity contribution is -0.136. The minimum absolute atomic E-state index is 0.124. The number of hydrogen-bond acceptors (Lipinski definition) is 4. The molecule has 2 amide bonds. The molecular weight excluding hydrogens is 346 g/mol. The van der Waals surface area contributed by atoms with Crippen LogP contribution in [0.3, 0.4) is 0 Å². The molecule has 0 radical (unpaired) electrons. The van der Waals surface area contributed by atoms with Crippen LogP contribution in [0.4, 0.5) is 0 Å². The van der Waals surface area contributed by atoms with E-state index in [-0.39, 0.29) is 11.8 Å². The quantitative estimate of drug-likeness (QED) is 0.825. The normalized spacial score (nSPS) is 16.8. The largest absolute Gasteiger partial charge is 0.350 e. The Morgan fingerprint density at radius 3 is 2.77 bits per heavy atom. The number of nitrogens with one attached hydrogen (secondary N) is 1. The average molecular weight is 367 g/mol. The van der Waals surface area contributed by atoms with Crippen LogP contribution in [0.25, 0.3) is 11.3 Å². The van der Waals surface area contributed by atoms with E-state index in [2.05, 4.69) is 16.9 Å². The van der Waals surface area contributed by atoms with Gasteiger partial charge in [-0.25, -0.2) is 0 Å². The lowest BCUT2D eigenvalue weighted by Crippen LogP contribution is -2.53. The number of hydrogen-bond donors (Lipinski definition) is 1. The summed E-state index contributed by atoms with van der Waals surface area (Å²) in [5, 5.41) is 2.94. The molecular formula is C20H21N3O2S. The molecule has 134 valence electrons. The molecule has 1 aromatic carbocycles. The van der Waals surface area contributed by atoms with Crippen LogP contribution in [0.1, 0.15) is 5.56 Å². The van der Waals surface area contributed by atoms with Crippen molar-refractivity contribution in [2.45, 2.75) is 12.6 Å². The van der Waals surface area contributed by atoms with Gasteiger partial charge in [0.1, 0.15) is 6.04 Å². The minimum atomic E-state index is -0.438. The number of nitrogens with zero attached hydrogens (tertiary/aromatic N) is 2. The highest BCUT2D eigenvalue weighted by atomic mass is 32.2. The molecule has 2 aromatic rings. The first-order valence-electron chi connectivity index (χ1n) is 8.48. The topological polar surface area (TPSA) is 62.3 Å². The smallest absolute Gasteiger partial charge is 0.246 e. The van der Waals surface area contributed by atoms with Crippen LogP contribution in [0.5, 0.6) is 0 Å². The zero-order chi connectivity index (χ0) is 18.4. The van der Waals surface area contributed by atoms with Gasteiger partial charge in [-0.2, -0.15) is 11.8 Å². The Kier molecular flexibility index (Phi) is 6.07. The van der Waals surface area contributed by atoms with Crippen LogP contribution in [-0.4, -0.2) is 45.8 Å². The van der Waals surface area contributed by atoms with Gasteiger partial charge < -0.3 is 10.2 Å². The molecule has 0 aliphatic carbocycles. The second-order valence-corrected chi connectivity index (χ2v) is 7.11. The summed E-state index contributed by atoms with van der Waals surface area (Å²) in [7, 11) is 0. The van der Waals surface area contributed by atoms with E-state index in [9.17, 15) is 9.59 Å². The highest BCUT2D eigenvalue weighted by Gasteiger charge is 2.31. The van der Waals surface area contributed by atoms with E-state index in [1.807, 2.05) is 42.5 Å². The van der Waals surface area contributed by atoms with Crippen LogP contribution in [0.15, 0.2) is 61.3 Å². The summed E-state index contributed by atoms with van der Waals surface area (Å²) in [6.45, 7) is 4.53. The Bertz CT molecular complexity index is 777. The van der Waals surface area contributed by atoms with Gasteiger partial charge in [0.25, 0.3) is 0 Å². The third kappa shape index (κ3) is 4.32. The number of amides is 2. The van der Waals surface area contributed by atoms with Gasteiger partial charge in [0.2, 0.25) is 11.8 Å². The highest BCUT2D eigenvalue weighted by Crippen LogP contribution is 2.18. The molecule has 1 aliphatic rings. The third-order valence-electron chi connectivity index (χ3n) is 4.27. The molecule has 1 fully saturated rings. The van der Waals surface area contributed by atoms with Crippen molar-refractivity contribution in [2.24, 2.45) is 0 Å². The van der Waals surface area contributed by atoms with Crippen LogP contribution in [-0.2, 0) is 16.1 Å². The second-order valence-electron chi connectivity index (χ2n) is 5.96. The first kappa shape index (κ1) is 18.2. The fourth-order valence-electron chi connectivity index (χ4n) is 2.84. The zero-order valence-corrected chi connectivity index (χ0v) is 15.2. The second kappa shape index (κ2) is 8.67. The van der Waals surface area contributed by atoms with Crippen molar-refractivity contribution in [1.82, 2.24) is 15.2 Å². The molecule has 0 saturated carbocycles. The van der Waals surface area contributed by atoms with E-state index in [1.54, 1.807) is 22.9 Å². The number of rotatable bonds is 5. The van der Waals surface area contributed by atoms with Crippen LogP contribution in [0.2, 0.25) is 0 Å². The monoisotopic (exact) mass is 367 g/mol. The number of carbonyl (C=O) groups is 2. The van der Waals surface area contributed by atoms with E-state index in [0.29, 0.717) is 18.8 Å². The number of carbonyl (C=O) groups excluding carboxylic acids is 2. The molecule has 1 N–H and O–H groups in total. The van der Waals surface area contributed by atoms with Gasteiger partial charge >= 0.3 is 0 Å².